The third kappa shape index (κ3) is 7.76. The number of aliphatic imine (C=N–C) groups is 1. The van der Waals surface area contributed by atoms with Crippen LogP contribution < -0.4 is 16.8 Å². The number of hydrogen-bond acceptors (Lipinski definition) is 8. The first kappa shape index (κ1) is 28.1. The van der Waals surface area contributed by atoms with Crippen molar-refractivity contribution in [3.63, 3.8) is 0 Å². The highest BCUT2D eigenvalue weighted by Crippen LogP contribution is 2.30. The maximum Gasteiger partial charge on any atom is 0.391 e. The minimum absolute atomic E-state index is 0.0568. The average Bonchev–Trinajstić information content (AvgIpc) is 3.35. The molecule has 3 rings (SSSR count). The minimum Gasteiger partial charge on any atom is -0.398 e. The summed E-state index contributed by atoms with van der Waals surface area (Å²) in [4.78, 5) is 8.71. The Morgan fingerprint density at radius 2 is 1.97 bits per heavy atom. The third-order valence-electron chi connectivity index (χ3n) is 5.71. The summed E-state index contributed by atoms with van der Waals surface area (Å²) in [5, 5.41) is 22.1. The molecule has 38 heavy (non-hydrogen) atoms. The third-order valence-corrected chi connectivity index (χ3v) is 5.71. The van der Waals surface area contributed by atoms with E-state index in [4.69, 9.17) is 26.8 Å². The molecule has 0 radical (unpaired) electrons. The molecule has 0 aliphatic heterocycles. The van der Waals surface area contributed by atoms with Crippen molar-refractivity contribution in [2.24, 2.45) is 16.6 Å². The van der Waals surface area contributed by atoms with Crippen molar-refractivity contribution < 1.29 is 17.7 Å². The molecule has 2 aromatic heterocycles. The van der Waals surface area contributed by atoms with Crippen LogP contribution in [0.5, 0.6) is 0 Å². The number of nitrogens with zero attached hydrogens (tertiary/aromatic N) is 3. The van der Waals surface area contributed by atoms with Crippen LogP contribution in [0.1, 0.15) is 38.2 Å². The van der Waals surface area contributed by atoms with Crippen LogP contribution in [0.3, 0.4) is 0 Å². The van der Waals surface area contributed by atoms with E-state index in [-0.39, 0.29) is 18.1 Å². The van der Waals surface area contributed by atoms with E-state index in [9.17, 15) is 13.2 Å². The fourth-order valence-corrected chi connectivity index (χ4v) is 3.44. The molecule has 0 aliphatic carbocycles. The molecule has 1 aromatic carbocycles. The summed E-state index contributed by atoms with van der Waals surface area (Å²) in [5.74, 6) is -0.186. The zero-order chi connectivity index (χ0) is 27.7. The van der Waals surface area contributed by atoms with E-state index < -0.39 is 12.1 Å². The SMILES string of the molecule is C[C@@H](CCCC/C=C(C=N)/C(N)=N/c1cccc(-c2cc(Nc3ccc(N)c(C=N)c3)no2)n1)C(F)(F)F. The lowest BCUT2D eigenvalue weighted by atomic mass is 10.0. The van der Waals surface area contributed by atoms with E-state index in [2.05, 4.69) is 20.4 Å². The smallest absolute Gasteiger partial charge is 0.391 e. The van der Waals surface area contributed by atoms with Crippen molar-refractivity contribution in [3.05, 3.63) is 59.7 Å². The lowest BCUT2D eigenvalue weighted by Crippen LogP contribution is -2.19. The predicted octanol–water partition coefficient (Wildman–Crippen LogP) is 6.38. The van der Waals surface area contributed by atoms with Gasteiger partial charge in [-0.05, 0) is 49.6 Å². The van der Waals surface area contributed by atoms with E-state index in [1.54, 1.807) is 48.5 Å². The summed E-state index contributed by atoms with van der Waals surface area (Å²) in [6.45, 7) is 1.18. The van der Waals surface area contributed by atoms with Crippen LogP contribution in [0.2, 0.25) is 0 Å². The number of rotatable bonds is 12. The quantitative estimate of drug-likeness (QED) is 0.0795. The van der Waals surface area contributed by atoms with E-state index in [1.165, 1.54) is 6.92 Å². The van der Waals surface area contributed by atoms with Gasteiger partial charge in [0.1, 0.15) is 11.5 Å². The number of aromatic nitrogens is 2. The van der Waals surface area contributed by atoms with Crippen LogP contribution in [-0.2, 0) is 0 Å². The van der Waals surface area contributed by atoms with Gasteiger partial charge in [-0.2, -0.15) is 13.2 Å². The molecule has 200 valence electrons. The second-order valence-electron chi connectivity index (χ2n) is 8.60. The summed E-state index contributed by atoms with van der Waals surface area (Å²) in [6.07, 6.45) is 1.21. The molecule has 3 aromatic rings. The monoisotopic (exact) mass is 526 g/mol. The Bertz CT molecular complexity index is 1330. The van der Waals surface area contributed by atoms with E-state index in [1.807, 2.05) is 0 Å². The number of nitrogens with two attached hydrogens (primary N) is 2. The number of alkyl halides is 3. The molecule has 2 heterocycles. The van der Waals surface area contributed by atoms with Gasteiger partial charge in [0.2, 0.25) is 0 Å². The highest BCUT2D eigenvalue weighted by atomic mass is 19.4. The van der Waals surface area contributed by atoms with Crippen LogP contribution in [0, 0.1) is 16.7 Å². The molecule has 0 saturated heterocycles. The maximum atomic E-state index is 12.6. The number of halogens is 3. The molecule has 0 spiro atoms. The fraction of sp³-hybridized carbons (Fsp3) is 0.269. The molecule has 0 amide bonds. The molecule has 0 bridgehead atoms. The van der Waals surface area contributed by atoms with Gasteiger partial charge in [-0.1, -0.05) is 30.6 Å². The minimum atomic E-state index is -4.18. The zero-order valence-electron chi connectivity index (χ0n) is 20.7. The molecule has 9 nitrogen and oxygen atoms in total. The second kappa shape index (κ2) is 12.7. The van der Waals surface area contributed by atoms with E-state index in [0.29, 0.717) is 59.0 Å². The van der Waals surface area contributed by atoms with Crippen LogP contribution in [0.4, 0.5) is 36.2 Å². The highest BCUT2D eigenvalue weighted by molar-refractivity contribution is 6.14. The highest BCUT2D eigenvalue weighted by Gasteiger charge is 2.34. The van der Waals surface area contributed by atoms with Gasteiger partial charge in [0, 0.05) is 41.0 Å². The lowest BCUT2D eigenvalue weighted by Gasteiger charge is -2.14. The molecular formula is C26H29F3N8O. The molecule has 12 heteroatoms. The van der Waals surface area contributed by atoms with Crippen LogP contribution in [-0.4, -0.2) is 34.6 Å². The standard InChI is InChI=1S/C26H29F3N8O/c1-16(26(27,28)29)6-3-2-4-7-17(14-30)25(33)36-23-9-5-8-21(35-23)22-13-24(37-38-22)34-19-10-11-20(32)18(12-19)15-31/h5,7-16,30-31H,2-4,6,32H2,1H3,(H,34,37)(H2,33,35,36)/b17-7+,30-14?,31-15?/t16-/m0/s1. The van der Waals surface area contributed by atoms with Crippen LogP contribution >= 0.6 is 0 Å². The average molecular weight is 527 g/mol. The van der Waals surface area contributed by atoms with Crippen molar-refractivity contribution in [2.45, 2.75) is 38.8 Å². The predicted molar refractivity (Wildman–Crippen MR) is 144 cm³/mol. The largest absolute Gasteiger partial charge is 0.398 e. The van der Waals surface area contributed by atoms with Crippen LogP contribution in [0.15, 0.2) is 63.6 Å². The first-order valence-electron chi connectivity index (χ1n) is 11.8. The van der Waals surface area contributed by atoms with Gasteiger partial charge in [-0.25, -0.2) is 9.98 Å². The van der Waals surface area contributed by atoms with E-state index >= 15 is 0 Å². The number of nitrogens with one attached hydrogen (secondary N) is 3. The Labute approximate surface area is 217 Å². The van der Waals surface area contributed by atoms with Gasteiger partial charge in [-0.15, -0.1) is 0 Å². The number of unbranched alkanes of at least 4 members (excludes halogenated alkanes) is 2. The number of pyridine rings is 1. The Balaban J connectivity index is 1.65. The van der Waals surface area contributed by atoms with Gasteiger partial charge < -0.3 is 32.1 Å². The first-order valence-corrected chi connectivity index (χ1v) is 11.8. The van der Waals surface area contributed by atoms with Crippen molar-refractivity contribution in [1.29, 1.82) is 10.8 Å². The number of amidine groups is 1. The van der Waals surface area contributed by atoms with Gasteiger partial charge in [0.25, 0.3) is 0 Å². The van der Waals surface area contributed by atoms with E-state index in [0.717, 1.165) is 12.4 Å². The van der Waals surface area contributed by atoms with Gasteiger partial charge in [-0.3, -0.25) is 0 Å². The Morgan fingerprint density at radius 3 is 2.68 bits per heavy atom. The van der Waals surface area contributed by atoms with Gasteiger partial charge >= 0.3 is 6.18 Å². The lowest BCUT2D eigenvalue weighted by molar-refractivity contribution is -0.171. The van der Waals surface area contributed by atoms with Crippen molar-refractivity contribution in [3.8, 4) is 11.5 Å². The number of nitrogen functional groups attached to an aromatic ring is 1. The Hall–Kier alpha value is -4.48. The van der Waals surface area contributed by atoms with Gasteiger partial charge in [0.15, 0.2) is 17.4 Å². The summed E-state index contributed by atoms with van der Waals surface area (Å²) < 4.78 is 43.2. The molecule has 0 aliphatic rings. The molecule has 0 unspecified atom stereocenters. The molecule has 7 N–H and O–H groups in total. The molecule has 0 fully saturated rings. The van der Waals surface area contributed by atoms with Gasteiger partial charge in [0.05, 0.1) is 5.92 Å². The fourth-order valence-electron chi connectivity index (χ4n) is 3.44. The summed E-state index contributed by atoms with van der Waals surface area (Å²) >= 11 is 0. The molecular weight excluding hydrogens is 497 g/mol. The summed E-state index contributed by atoms with van der Waals surface area (Å²) in [5.41, 5.74) is 14.4. The number of hydrogen-bond donors (Lipinski definition) is 5. The summed E-state index contributed by atoms with van der Waals surface area (Å²) in [7, 11) is 0. The Morgan fingerprint density at radius 1 is 1.18 bits per heavy atom. The zero-order valence-corrected chi connectivity index (χ0v) is 20.7. The second-order valence-corrected chi connectivity index (χ2v) is 8.60. The van der Waals surface area contributed by atoms with Crippen molar-refractivity contribution in [1.82, 2.24) is 10.1 Å². The maximum absolute atomic E-state index is 12.6. The molecule has 1 atom stereocenters. The Kier molecular flexibility index (Phi) is 9.36. The first-order chi connectivity index (χ1) is 18.1. The topological polar surface area (TPSA) is 163 Å². The van der Waals surface area contributed by atoms with Crippen LogP contribution in [0.25, 0.3) is 11.5 Å². The summed E-state index contributed by atoms with van der Waals surface area (Å²) in [6, 6.07) is 11.9. The number of allylic oxidation sites excluding steroid dienone is 1. The normalized spacial score (nSPS) is 13.3. The number of anilines is 3. The van der Waals surface area contributed by atoms with Crippen molar-refractivity contribution >= 4 is 41.3 Å². The van der Waals surface area contributed by atoms with Crippen molar-refractivity contribution in [2.75, 3.05) is 11.1 Å². The molecule has 0 saturated carbocycles. The number of benzene rings is 1.